The van der Waals surface area contributed by atoms with E-state index in [1.54, 1.807) is 0 Å². The van der Waals surface area contributed by atoms with Gasteiger partial charge in [-0.25, -0.2) is 4.79 Å². The lowest BCUT2D eigenvalue weighted by atomic mass is 10.1. The van der Waals surface area contributed by atoms with Crippen molar-refractivity contribution < 1.29 is 4.79 Å². The number of aryl methyl sites for hydroxylation is 1. The first kappa shape index (κ1) is 13.1. The first-order chi connectivity index (χ1) is 8.15. The van der Waals surface area contributed by atoms with E-state index in [1.807, 2.05) is 32.0 Å². The van der Waals surface area contributed by atoms with Gasteiger partial charge in [0.05, 0.1) is 6.54 Å². The van der Waals surface area contributed by atoms with Crippen LogP contribution in [0.2, 0.25) is 0 Å². The summed E-state index contributed by atoms with van der Waals surface area (Å²) in [6, 6.07) is 5.45. The monoisotopic (exact) mass is 231 g/mol. The van der Waals surface area contributed by atoms with Crippen molar-refractivity contribution in [1.29, 1.82) is 0 Å². The first-order valence-corrected chi connectivity index (χ1v) is 5.51. The van der Waals surface area contributed by atoms with E-state index in [9.17, 15) is 4.79 Å². The number of urea groups is 1. The maximum atomic E-state index is 11.4. The van der Waals surface area contributed by atoms with Crippen molar-refractivity contribution in [3.8, 4) is 11.8 Å². The molecule has 17 heavy (non-hydrogen) atoms. The van der Waals surface area contributed by atoms with Crippen LogP contribution in [-0.4, -0.2) is 19.1 Å². The van der Waals surface area contributed by atoms with Crippen LogP contribution in [0.3, 0.4) is 0 Å². The molecule has 0 heterocycles. The quantitative estimate of drug-likeness (QED) is 0.674. The van der Waals surface area contributed by atoms with Gasteiger partial charge < -0.3 is 16.4 Å². The number of nitrogens with one attached hydrogen (secondary N) is 2. The molecule has 0 bridgehead atoms. The van der Waals surface area contributed by atoms with Gasteiger partial charge in [-0.15, -0.1) is 0 Å². The van der Waals surface area contributed by atoms with Gasteiger partial charge in [0, 0.05) is 17.8 Å². The Morgan fingerprint density at radius 1 is 1.41 bits per heavy atom. The van der Waals surface area contributed by atoms with Gasteiger partial charge in [0.2, 0.25) is 0 Å². The second-order valence-corrected chi connectivity index (χ2v) is 3.58. The molecule has 0 fully saturated rings. The highest BCUT2D eigenvalue weighted by atomic mass is 16.2. The van der Waals surface area contributed by atoms with Gasteiger partial charge in [0.25, 0.3) is 0 Å². The van der Waals surface area contributed by atoms with E-state index in [0.29, 0.717) is 13.1 Å². The molecule has 0 aliphatic carbocycles. The summed E-state index contributed by atoms with van der Waals surface area (Å²) in [4.78, 5) is 11.4. The fourth-order valence-corrected chi connectivity index (χ4v) is 1.42. The van der Waals surface area contributed by atoms with Gasteiger partial charge in [-0.05, 0) is 37.6 Å². The summed E-state index contributed by atoms with van der Waals surface area (Å²) in [5, 5.41) is 5.42. The number of rotatable bonds is 2. The molecule has 0 atom stereocenters. The summed E-state index contributed by atoms with van der Waals surface area (Å²) < 4.78 is 0. The lowest BCUT2D eigenvalue weighted by Crippen LogP contribution is -2.28. The number of hydrogen-bond acceptors (Lipinski definition) is 2. The molecule has 4 nitrogen and oxygen atoms in total. The van der Waals surface area contributed by atoms with E-state index in [4.69, 9.17) is 5.73 Å². The van der Waals surface area contributed by atoms with Crippen LogP contribution in [0, 0.1) is 18.8 Å². The Labute approximate surface area is 102 Å². The van der Waals surface area contributed by atoms with Gasteiger partial charge in [-0.1, -0.05) is 11.8 Å². The summed E-state index contributed by atoms with van der Waals surface area (Å²) in [6.45, 7) is 4.75. The third kappa shape index (κ3) is 4.58. The number of nitrogens with two attached hydrogens (primary N) is 1. The molecule has 90 valence electrons. The summed E-state index contributed by atoms with van der Waals surface area (Å²) >= 11 is 0. The molecule has 1 aromatic rings. The van der Waals surface area contributed by atoms with Crippen LogP contribution in [0.4, 0.5) is 10.5 Å². The average molecular weight is 231 g/mol. The Balaban J connectivity index is 2.85. The largest absolute Gasteiger partial charge is 0.338 e. The van der Waals surface area contributed by atoms with E-state index >= 15 is 0 Å². The zero-order chi connectivity index (χ0) is 12.7. The van der Waals surface area contributed by atoms with E-state index in [1.165, 1.54) is 0 Å². The zero-order valence-electron chi connectivity index (χ0n) is 10.1. The molecule has 0 aliphatic heterocycles. The highest BCUT2D eigenvalue weighted by molar-refractivity contribution is 5.89. The molecule has 4 N–H and O–H groups in total. The van der Waals surface area contributed by atoms with Gasteiger partial charge in [0.15, 0.2) is 0 Å². The molecular formula is C13H17N3O. The van der Waals surface area contributed by atoms with Gasteiger partial charge in [0.1, 0.15) is 0 Å². The number of carbonyl (C=O) groups excluding carboxylic acids is 1. The Hall–Kier alpha value is -1.99. The number of hydrogen-bond donors (Lipinski definition) is 3. The second-order valence-electron chi connectivity index (χ2n) is 3.58. The van der Waals surface area contributed by atoms with Gasteiger partial charge >= 0.3 is 6.03 Å². The van der Waals surface area contributed by atoms with E-state index in [-0.39, 0.29) is 6.03 Å². The summed E-state index contributed by atoms with van der Waals surface area (Å²) in [5.41, 5.74) is 7.94. The molecule has 0 saturated carbocycles. The SMILES string of the molecule is CCNC(=O)Nc1cc(C)cc(C#CCN)c1. The highest BCUT2D eigenvalue weighted by Gasteiger charge is 2.01. The fourth-order valence-electron chi connectivity index (χ4n) is 1.42. The number of anilines is 1. The standard InChI is InChI=1S/C13H17N3O/c1-3-15-13(17)16-12-8-10(2)7-11(9-12)5-4-6-14/h7-9H,3,6,14H2,1-2H3,(H2,15,16,17). The van der Waals surface area contributed by atoms with Crippen molar-refractivity contribution in [3.63, 3.8) is 0 Å². The minimum atomic E-state index is -0.212. The second kappa shape index (κ2) is 6.56. The topological polar surface area (TPSA) is 67.2 Å². The molecule has 2 amide bonds. The van der Waals surface area contributed by atoms with Crippen LogP contribution in [0.5, 0.6) is 0 Å². The lowest BCUT2D eigenvalue weighted by molar-refractivity contribution is 0.252. The molecular weight excluding hydrogens is 214 g/mol. The maximum absolute atomic E-state index is 11.4. The summed E-state index contributed by atoms with van der Waals surface area (Å²) in [7, 11) is 0. The number of benzene rings is 1. The summed E-state index contributed by atoms with van der Waals surface area (Å²) in [6.07, 6.45) is 0. The highest BCUT2D eigenvalue weighted by Crippen LogP contribution is 2.13. The Morgan fingerprint density at radius 3 is 2.82 bits per heavy atom. The minimum absolute atomic E-state index is 0.212. The third-order valence-electron chi connectivity index (χ3n) is 2.01. The Kier molecular flexibility index (Phi) is 5.05. The maximum Gasteiger partial charge on any atom is 0.319 e. The van der Waals surface area contributed by atoms with E-state index in [0.717, 1.165) is 16.8 Å². The van der Waals surface area contributed by atoms with Crippen LogP contribution in [0.15, 0.2) is 18.2 Å². The normalized spacial score (nSPS) is 9.12. The predicted molar refractivity (Wildman–Crippen MR) is 69.8 cm³/mol. The smallest absolute Gasteiger partial charge is 0.319 e. The van der Waals surface area contributed by atoms with Crippen LogP contribution < -0.4 is 16.4 Å². The Morgan fingerprint density at radius 2 is 2.18 bits per heavy atom. The zero-order valence-corrected chi connectivity index (χ0v) is 10.1. The van der Waals surface area contributed by atoms with E-state index in [2.05, 4.69) is 22.5 Å². The van der Waals surface area contributed by atoms with Crippen LogP contribution in [0.25, 0.3) is 0 Å². The fraction of sp³-hybridized carbons (Fsp3) is 0.308. The molecule has 0 saturated heterocycles. The number of carbonyl (C=O) groups is 1. The van der Waals surface area contributed by atoms with Crippen molar-refractivity contribution in [2.24, 2.45) is 5.73 Å². The Bertz CT molecular complexity index is 457. The molecule has 4 heteroatoms. The lowest BCUT2D eigenvalue weighted by Gasteiger charge is -2.07. The molecule has 0 unspecified atom stereocenters. The van der Waals surface area contributed by atoms with Gasteiger partial charge in [-0.3, -0.25) is 0 Å². The summed E-state index contributed by atoms with van der Waals surface area (Å²) in [5.74, 6) is 5.73. The van der Waals surface area contributed by atoms with Crippen LogP contribution in [0.1, 0.15) is 18.1 Å². The van der Waals surface area contributed by atoms with Crippen molar-refractivity contribution in [2.75, 3.05) is 18.4 Å². The molecule has 1 aromatic carbocycles. The molecule has 0 radical (unpaired) electrons. The van der Waals surface area contributed by atoms with Crippen molar-refractivity contribution in [1.82, 2.24) is 5.32 Å². The minimum Gasteiger partial charge on any atom is -0.338 e. The first-order valence-electron chi connectivity index (χ1n) is 5.51. The van der Waals surface area contributed by atoms with Crippen LogP contribution >= 0.6 is 0 Å². The average Bonchev–Trinajstić information content (AvgIpc) is 2.25. The third-order valence-corrected chi connectivity index (χ3v) is 2.01. The molecule has 0 spiro atoms. The van der Waals surface area contributed by atoms with Gasteiger partial charge in [-0.2, -0.15) is 0 Å². The van der Waals surface area contributed by atoms with Crippen LogP contribution in [-0.2, 0) is 0 Å². The molecule has 1 rings (SSSR count). The number of amides is 2. The predicted octanol–water partition coefficient (Wildman–Crippen LogP) is 1.45. The van der Waals surface area contributed by atoms with Crippen molar-refractivity contribution in [2.45, 2.75) is 13.8 Å². The van der Waals surface area contributed by atoms with Crippen molar-refractivity contribution >= 4 is 11.7 Å². The molecule has 0 aromatic heterocycles. The van der Waals surface area contributed by atoms with E-state index < -0.39 is 0 Å². The molecule has 0 aliphatic rings. The van der Waals surface area contributed by atoms with Crippen molar-refractivity contribution in [3.05, 3.63) is 29.3 Å².